The van der Waals surface area contributed by atoms with E-state index in [1.165, 1.54) is 0 Å². The molecule has 2 unspecified atom stereocenters. The second kappa shape index (κ2) is 9.19. The Bertz CT molecular complexity index is 1080. The number of amides is 2. The Kier molecular flexibility index (Phi) is 6.74. The number of piperidine rings is 1. The molecule has 2 aromatic rings. The molecule has 2 aliphatic rings. The standard InChI is InChI=1S/C21H23Cl2N3O3S2/c1-14-2-5-16(6-3-14)31(28,29)25-9-8-19-20(13-25)30-11-10-26(19)21(27)24-15-4-7-17(22)18(23)12-15/h2-7,12,19-20H,8-11,13H2,1H3,(H,24,27). The van der Waals surface area contributed by atoms with Gasteiger partial charge in [-0.05, 0) is 43.7 Å². The van der Waals surface area contributed by atoms with Gasteiger partial charge in [-0.25, -0.2) is 13.2 Å². The fraction of sp³-hybridized carbons (Fsp3) is 0.381. The number of hydrogen-bond acceptors (Lipinski definition) is 4. The first-order valence-electron chi connectivity index (χ1n) is 9.97. The van der Waals surface area contributed by atoms with Crippen molar-refractivity contribution >= 4 is 56.7 Å². The van der Waals surface area contributed by atoms with Crippen molar-refractivity contribution in [3.63, 3.8) is 0 Å². The van der Waals surface area contributed by atoms with E-state index < -0.39 is 10.0 Å². The number of aryl methyl sites for hydroxylation is 1. The molecule has 166 valence electrons. The third-order valence-electron chi connectivity index (χ3n) is 5.64. The number of thioether (sulfide) groups is 1. The number of urea groups is 1. The van der Waals surface area contributed by atoms with E-state index in [9.17, 15) is 13.2 Å². The molecular weight excluding hydrogens is 477 g/mol. The average Bonchev–Trinajstić information content (AvgIpc) is 2.75. The third-order valence-corrected chi connectivity index (χ3v) is 9.57. The maximum absolute atomic E-state index is 13.1. The van der Waals surface area contributed by atoms with Crippen molar-refractivity contribution in [3.8, 4) is 0 Å². The average molecular weight is 500 g/mol. The molecule has 2 atom stereocenters. The van der Waals surface area contributed by atoms with Crippen LogP contribution in [0.4, 0.5) is 10.5 Å². The summed E-state index contributed by atoms with van der Waals surface area (Å²) in [6, 6.07) is 11.7. The minimum absolute atomic E-state index is 0.0222. The van der Waals surface area contributed by atoms with Crippen LogP contribution in [0.25, 0.3) is 0 Å². The molecule has 0 radical (unpaired) electrons. The largest absolute Gasteiger partial charge is 0.322 e. The number of nitrogens with zero attached hydrogens (tertiary/aromatic N) is 2. The van der Waals surface area contributed by atoms with Crippen LogP contribution in [-0.4, -0.2) is 60.3 Å². The summed E-state index contributed by atoms with van der Waals surface area (Å²) in [5, 5.41) is 3.72. The molecule has 0 aliphatic carbocycles. The highest BCUT2D eigenvalue weighted by molar-refractivity contribution is 8.00. The lowest BCUT2D eigenvalue weighted by Crippen LogP contribution is -2.59. The van der Waals surface area contributed by atoms with Gasteiger partial charge in [-0.15, -0.1) is 0 Å². The van der Waals surface area contributed by atoms with Crippen LogP contribution in [0, 0.1) is 6.92 Å². The molecule has 2 aromatic carbocycles. The van der Waals surface area contributed by atoms with Crippen LogP contribution in [0.15, 0.2) is 47.4 Å². The number of anilines is 1. The lowest BCUT2D eigenvalue weighted by molar-refractivity contribution is 0.160. The van der Waals surface area contributed by atoms with Crippen LogP contribution in [0.5, 0.6) is 0 Å². The molecule has 2 heterocycles. The van der Waals surface area contributed by atoms with Crippen LogP contribution in [0.3, 0.4) is 0 Å². The molecule has 6 nitrogen and oxygen atoms in total. The predicted octanol–water partition coefficient (Wildman–Crippen LogP) is 4.71. The van der Waals surface area contributed by atoms with Gasteiger partial charge in [0, 0.05) is 42.4 Å². The Morgan fingerprint density at radius 1 is 1.10 bits per heavy atom. The number of halogens is 2. The van der Waals surface area contributed by atoms with Gasteiger partial charge in [-0.1, -0.05) is 40.9 Å². The van der Waals surface area contributed by atoms with E-state index in [4.69, 9.17) is 23.2 Å². The van der Waals surface area contributed by atoms with E-state index in [1.54, 1.807) is 46.4 Å². The Hall–Kier alpha value is -1.45. The number of carbonyl (C=O) groups is 1. The lowest BCUT2D eigenvalue weighted by atomic mass is 10.0. The number of benzene rings is 2. The number of rotatable bonds is 3. The molecule has 2 aliphatic heterocycles. The first-order chi connectivity index (χ1) is 14.8. The SMILES string of the molecule is Cc1ccc(S(=O)(=O)N2CCC3C(C2)SCCN3C(=O)Nc2ccc(Cl)c(Cl)c2)cc1. The van der Waals surface area contributed by atoms with Crippen LogP contribution in [-0.2, 0) is 10.0 Å². The number of carbonyl (C=O) groups excluding carboxylic acids is 1. The number of fused-ring (bicyclic) bond motifs is 1. The van der Waals surface area contributed by atoms with Crippen molar-refractivity contribution in [2.24, 2.45) is 0 Å². The summed E-state index contributed by atoms with van der Waals surface area (Å²) in [5.74, 6) is 0.758. The molecule has 0 aromatic heterocycles. The van der Waals surface area contributed by atoms with E-state index >= 15 is 0 Å². The molecule has 10 heteroatoms. The lowest BCUT2D eigenvalue weighted by Gasteiger charge is -2.46. The molecule has 0 spiro atoms. The molecule has 0 bridgehead atoms. The van der Waals surface area contributed by atoms with E-state index in [-0.39, 0.29) is 17.3 Å². The zero-order valence-corrected chi connectivity index (χ0v) is 20.1. The van der Waals surface area contributed by atoms with Gasteiger partial charge < -0.3 is 10.2 Å². The molecular formula is C21H23Cl2N3O3S2. The zero-order valence-electron chi connectivity index (χ0n) is 16.9. The van der Waals surface area contributed by atoms with Crippen LogP contribution >= 0.6 is 35.0 Å². The first kappa shape index (κ1) is 22.7. The van der Waals surface area contributed by atoms with Crippen molar-refractivity contribution < 1.29 is 13.2 Å². The van der Waals surface area contributed by atoms with Gasteiger partial charge in [0.15, 0.2) is 0 Å². The smallest absolute Gasteiger partial charge is 0.320 e. The summed E-state index contributed by atoms with van der Waals surface area (Å²) >= 11 is 13.7. The summed E-state index contributed by atoms with van der Waals surface area (Å²) in [7, 11) is -3.55. The van der Waals surface area contributed by atoms with E-state index in [0.29, 0.717) is 46.7 Å². The molecule has 0 saturated carbocycles. The molecule has 1 N–H and O–H groups in total. The van der Waals surface area contributed by atoms with Crippen molar-refractivity contribution in [1.29, 1.82) is 0 Å². The first-order valence-corrected chi connectivity index (χ1v) is 13.2. The molecule has 2 amide bonds. The van der Waals surface area contributed by atoms with Crippen molar-refractivity contribution in [1.82, 2.24) is 9.21 Å². The Balaban J connectivity index is 1.46. The van der Waals surface area contributed by atoms with Gasteiger partial charge in [-0.3, -0.25) is 0 Å². The van der Waals surface area contributed by atoms with Crippen molar-refractivity contribution in [2.45, 2.75) is 29.5 Å². The van der Waals surface area contributed by atoms with Gasteiger partial charge in [0.05, 0.1) is 14.9 Å². The highest BCUT2D eigenvalue weighted by Crippen LogP contribution is 2.34. The number of sulfonamides is 1. The van der Waals surface area contributed by atoms with Gasteiger partial charge >= 0.3 is 6.03 Å². The Morgan fingerprint density at radius 3 is 2.55 bits per heavy atom. The quantitative estimate of drug-likeness (QED) is 0.663. The summed E-state index contributed by atoms with van der Waals surface area (Å²) in [6.45, 7) is 3.32. The molecule has 2 fully saturated rings. The monoisotopic (exact) mass is 499 g/mol. The van der Waals surface area contributed by atoms with Gasteiger partial charge in [-0.2, -0.15) is 16.1 Å². The minimum Gasteiger partial charge on any atom is -0.320 e. The Labute approximate surface area is 196 Å². The van der Waals surface area contributed by atoms with Crippen LogP contribution in [0.1, 0.15) is 12.0 Å². The molecule has 4 rings (SSSR count). The highest BCUT2D eigenvalue weighted by atomic mass is 35.5. The van der Waals surface area contributed by atoms with Crippen molar-refractivity contribution in [2.75, 3.05) is 30.7 Å². The summed E-state index contributed by atoms with van der Waals surface area (Å²) in [6.07, 6.45) is 0.595. The molecule has 31 heavy (non-hydrogen) atoms. The van der Waals surface area contributed by atoms with E-state index in [2.05, 4.69) is 5.32 Å². The zero-order chi connectivity index (χ0) is 22.2. The third kappa shape index (κ3) is 4.83. The summed E-state index contributed by atoms with van der Waals surface area (Å²) in [4.78, 5) is 15.1. The maximum atomic E-state index is 13.1. The van der Waals surface area contributed by atoms with Crippen LogP contribution in [0.2, 0.25) is 10.0 Å². The van der Waals surface area contributed by atoms with Gasteiger partial charge in [0.1, 0.15) is 0 Å². The second-order valence-corrected chi connectivity index (χ2v) is 11.8. The maximum Gasteiger partial charge on any atom is 0.322 e. The fourth-order valence-corrected chi connectivity index (χ4v) is 7.23. The predicted molar refractivity (Wildman–Crippen MR) is 127 cm³/mol. The number of hydrogen-bond donors (Lipinski definition) is 1. The normalized spacial score (nSPS) is 22.1. The summed E-state index contributed by atoms with van der Waals surface area (Å²) < 4.78 is 27.7. The van der Waals surface area contributed by atoms with E-state index in [0.717, 1.165) is 11.3 Å². The summed E-state index contributed by atoms with van der Waals surface area (Å²) in [5.41, 5.74) is 1.60. The highest BCUT2D eigenvalue weighted by Gasteiger charge is 2.42. The van der Waals surface area contributed by atoms with Crippen LogP contribution < -0.4 is 5.32 Å². The van der Waals surface area contributed by atoms with Gasteiger partial charge in [0.25, 0.3) is 0 Å². The topological polar surface area (TPSA) is 69.7 Å². The van der Waals surface area contributed by atoms with Gasteiger partial charge in [0.2, 0.25) is 10.0 Å². The molecule has 2 saturated heterocycles. The van der Waals surface area contributed by atoms with Crippen molar-refractivity contribution in [3.05, 3.63) is 58.1 Å². The van der Waals surface area contributed by atoms with E-state index in [1.807, 2.05) is 24.0 Å². The number of nitrogens with one attached hydrogen (secondary N) is 1. The fourth-order valence-electron chi connectivity index (χ4n) is 3.96. The Morgan fingerprint density at radius 2 is 1.84 bits per heavy atom. The second-order valence-electron chi connectivity index (χ2n) is 7.69. The minimum atomic E-state index is -3.55.